The van der Waals surface area contributed by atoms with Crippen LogP contribution in [0.5, 0.6) is 0 Å². The Labute approximate surface area is 390 Å². The Hall–Kier alpha value is -8.46. The second-order valence-electron chi connectivity index (χ2n) is 18.5. The molecule has 0 saturated heterocycles. The molecule has 1 aliphatic rings. The molecule has 316 valence electrons. The average molecular weight is 856 g/mol. The highest BCUT2D eigenvalue weighted by Gasteiger charge is 2.36. The first-order valence-corrected chi connectivity index (χ1v) is 23.2. The largest absolute Gasteiger partial charge is 0.455 e. The summed E-state index contributed by atoms with van der Waals surface area (Å²) in [5.41, 5.74) is 19.7. The lowest BCUT2D eigenvalue weighted by Crippen LogP contribution is -2.16. The van der Waals surface area contributed by atoms with E-state index in [1.807, 2.05) is 12.1 Å². The van der Waals surface area contributed by atoms with Gasteiger partial charge in [-0.15, -0.1) is 0 Å². The molecule has 0 aliphatic heterocycles. The van der Waals surface area contributed by atoms with Crippen molar-refractivity contribution >= 4 is 60.5 Å². The number of para-hydroxylation sites is 2. The van der Waals surface area contributed by atoms with E-state index in [0.29, 0.717) is 0 Å². The molecular formula is C65H45NO. The maximum absolute atomic E-state index is 6.48. The Kier molecular flexibility index (Phi) is 8.91. The highest BCUT2D eigenvalue weighted by molar-refractivity contribution is 6.14. The van der Waals surface area contributed by atoms with Crippen molar-refractivity contribution in [3.8, 4) is 55.6 Å². The molecule has 0 N–H and O–H groups in total. The minimum Gasteiger partial charge on any atom is -0.455 e. The Morgan fingerprint density at radius 3 is 1.58 bits per heavy atom. The first kappa shape index (κ1) is 39.0. The zero-order chi connectivity index (χ0) is 44.6. The molecule has 0 radical (unpaired) electrons. The monoisotopic (exact) mass is 855 g/mol. The standard InChI is InChI=1S/C65H45NO/c1-65(2)60-40-49(54-18-10-15-48-27-26-46-14-6-7-16-53(46)63(48)54)32-38-56(60)57-39-37-52(41-61(57)65)66(50-33-28-45(29-34-50)44-24-22-43(23-25-44)42-12-4-3-5-13-42)51-35-30-47(31-36-51)55-19-11-20-59-58-17-8-9-21-62(58)67-64(55)59/h3-41H,1-2H3. The molecule has 0 saturated carbocycles. The average Bonchev–Trinajstić information content (AvgIpc) is 3.88. The van der Waals surface area contributed by atoms with Gasteiger partial charge in [0.25, 0.3) is 0 Å². The van der Waals surface area contributed by atoms with Gasteiger partial charge in [0.15, 0.2) is 0 Å². The number of furan rings is 1. The molecule has 2 heteroatoms. The van der Waals surface area contributed by atoms with Gasteiger partial charge in [-0.25, -0.2) is 0 Å². The topological polar surface area (TPSA) is 16.4 Å². The van der Waals surface area contributed by atoms with Crippen LogP contribution >= 0.6 is 0 Å². The lowest BCUT2D eigenvalue weighted by Gasteiger charge is -2.28. The van der Waals surface area contributed by atoms with E-state index in [0.717, 1.165) is 50.1 Å². The summed E-state index contributed by atoms with van der Waals surface area (Å²) in [4.78, 5) is 2.40. The van der Waals surface area contributed by atoms with Crippen LogP contribution in [0.3, 0.4) is 0 Å². The highest BCUT2D eigenvalue weighted by atomic mass is 16.3. The van der Waals surface area contributed by atoms with Crippen molar-refractivity contribution in [3.05, 3.63) is 248 Å². The summed E-state index contributed by atoms with van der Waals surface area (Å²) in [6, 6.07) is 86.4. The van der Waals surface area contributed by atoms with Gasteiger partial charge in [-0.05, 0) is 131 Å². The summed E-state index contributed by atoms with van der Waals surface area (Å²) in [6.07, 6.45) is 0. The SMILES string of the molecule is CC1(C)c2cc(-c3cccc4ccc5ccccc5c34)ccc2-c2ccc(N(c3ccc(-c4ccc(-c5ccccc5)cc4)cc3)c3ccc(-c4cccc5c4oc4ccccc45)cc3)cc21. The molecule has 11 aromatic carbocycles. The Balaban J connectivity index is 0.898. The quantitative estimate of drug-likeness (QED) is 0.149. The van der Waals surface area contributed by atoms with Crippen LogP contribution in [0.2, 0.25) is 0 Å². The molecule has 0 spiro atoms. The predicted molar refractivity (Wildman–Crippen MR) is 283 cm³/mol. The molecule has 0 atom stereocenters. The van der Waals surface area contributed by atoms with Gasteiger partial charge in [0.1, 0.15) is 11.2 Å². The molecular weight excluding hydrogens is 811 g/mol. The zero-order valence-corrected chi connectivity index (χ0v) is 37.4. The number of nitrogens with zero attached hydrogens (tertiary/aromatic N) is 1. The van der Waals surface area contributed by atoms with Crippen molar-refractivity contribution in [1.29, 1.82) is 0 Å². The molecule has 12 aromatic rings. The normalized spacial score (nSPS) is 12.7. The fraction of sp³-hybridized carbons (Fsp3) is 0.0462. The summed E-state index contributed by atoms with van der Waals surface area (Å²) < 4.78 is 6.48. The summed E-state index contributed by atoms with van der Waals surface area (Å²) in [6.45, 7) is 4.78. The highest BCUT2D eigenvalue weighted by Crippen LogP contribution is 2.52. The van der Waals surface area contributed by atoms with Crippen LogP contribution in [0.15, 0.2) is 241 Å². The van der Waals surface area contributed by atoms with E-state index in [2.05, 4.69) is 243 Å². The van der Waals surface area contributed by atoms with E-state index in [-0.39, 0.29) is 5.41 Å². The van der Waals surface area contributed by atoms with E-state index >= 15 is 0 Å². The molecule has 0 bridgehead atoms. The van der Waals surface area contributed by atoms with Crippen LogP contribution in [0.4, 0.5) is 17.1 Å². The molecule has 13 rings (SSSR count). The third-order valence-electron chi connectivity index (χ3n) is 14.3. The third kappa shape index (κ3) is 6.40. The van der Waals surface area contributed by atoms with Gasteiger partial charge >= 0.3 is 0 Å². The second kappa shape index (κ2) is 15.3. The Morgan fingerprint density at radius 1 is 0.328 bits per heavy atom. The number of rotatable bonds is 7. The van der Waals surface area contributed by atoms with Gasteiger partial charge < -0.3 is 9.32 Å². The van der Waals surface area contributed by atoms with Crippen molar-refractivity contribution in [2.75, 3.05) is 4.90 Å². The van der Waals surface area contributed by atoms with Gasteiger partial charge in [0.2, 0.25) is 0 Å². The lowest BCUT2D eigenvalue weighted by atomic mass is 9.81. The van der Waals surface area contributed by atoms with Crippen molar-refractivity contribution < 1.29 is 4.42 Å². The Bertz CT molecular complexity index is 3860. The van der Waals surface area contributed by atoms with Gasteiger partial charge in [0.05, 0.1) is 0 Å². The van der Waals surface area contributed by atoms with Crippen LogP contribution in [-0.4, -0.2) is 0 Å². The van der Waals surface area contributed by atoms with Gasteiger partial charge in [-0.1, -0.05) is 202 Å². The maximum Gasteiger partial charge on any atom is 0.143 e. The smallest absolute Gasteiger partial charge is 0.143 e. The first-order chi connectivity index (χ1) is 33.0. The third-order valence-corrected chi connectivity index (χ3v) is 14.3. The minimum absolute atomic E-state index is 0.236. The van der Waals surface area contributed by atoms with Crippen LogP contribution in [0.25, 0.3) is 99.1 Å². The molecule has 1 aliphatic carbocycles. The van der Waals surface area contributed by atoms with Crippen molar-refractivity contribution in [2.45, 2.75) is 19.3 Å². The van der Waals surface area contributed by atoms with Crippen LogP contribution in [-0.2, 0) is 5.41 Å². The fourth-order valence-electron chi connectivity index (χ4n) is 10.8. The number of benzene rings is 11. The maximum atomic E-state index is 6.48. The summed E-state index contributed by atoms with van der Waals surface area (Å²) >= 11 is 0. The van der Waals surface area contributed by atoms with Crippen LogP contribution in [0, 0.1) is 0 Å². The predicted octanol–water partition coefficient (Wildman–Crippen LogP) is 18.3. The molecule has 2 nitrogen and oxygen atoms in total. The van der Waals surface area contributed by atoms with E-state index < -0.39 is 0 Å². The molecule has 0 fully saturated rings. The van der Waals surface area contributed by atoms with Crippen molar-refractivity contribution in [2.24, 2.45) is 0 Å². The summed E-state index contributed by atoms with van der Waals surface area (Å²) in [7, 11) is 0. The van der Waals surface area contributed by atoms with E-state index in [9.17, 15) is 0 Å². The van der Waals surface area contributed by atoms with Crippen molar-refractivity contribution in [1.82, 2.24) is 0 Å². The first-order valence-electron chi connectivity index (χ1n) is 23.2. The van der Waals surface area contributed by atoms with Gasteiger partial charge in [0, 0.05) is 38.8 Å². The van der Waals surface area contributed by atoms with Crippen LogP contribution < -0.4 is 4.90 Å². The molecule has 67 heavy (non-hydrogen) atoms. The fourth-order valence-corrected chi connectivity index (χ4v) is 10.8. The molecule has 1 aromatic heterocycles. The summed E-state index contributed by atoms with van der Waals surface area (Å²) in [5, 5.41) is 7.39. The van der Waals surface area contributed by atoms with E-state index in [1.54, 1.807) is 0 Å². The van der Waals surface area contributed by atoms with Gasteiger partial charge in [-0.3, -0.25) is 0 Å². The van der Waals surface area contributed by atoms with Crippen LogP contribution in [0.1, 0.15) is 25.0 Å². The number of hydrogen-bond donors (Lipinski definition) is 0. The number of hydrogen-bond acceptors (Lipinski definition) is 2. The van der Waals surface area contributed by atoms with E-state index in [1.165, 1.54) is 77.2 Å². The summed E-state index contributed by atoms with van der Waals surface area (Å²) in [5.74, 6) is 0. The molecule has 1 heterocycles. The van der Waals surface area contributed by atoms with Gasteiger partial charge in [-0.2, -0.15) is 0 Å². The van der Waals surface area contributed by atoms with Crippen molar-refractivity contribution in [3.63, 3.8) is 0 Å². The molecule has 0 unspecified atom stereocenters. The van der Waals surface area contributed by atoms with E-state index in [4.69, 9.17) is 4.42 Å². The number of anilines is 3. The second-order valence-corrected chi connectivity index (χ2v) is 18.5. The lowest BCUT2D eigenvalue weighted by molar-refractivity contribution is 0.660. The Morgan fingerprint density at radius 2 is 0.836 bits per heavy atom. The number of fused-ring (bicyclic) bond motifs is 9. The zero-order valence-electron chi connectivity index (χ0n) is 37.4. The minimum atomic E-state index is -0.236. The molecule has 0 amide bonds.